The number of nitrogens with one attached hydrogen (secondary N) is 1. The molecule has 4 saturated carbocycles. The van der Waals surface area contributed by atoms with Crippen molar-refractivity contribution in [3.63, 3.8) is 0 Å². The first-order valence-electron chi connectivity index (χ1n) is 8.74. The van der Waals surface area contributed by atoms with Gasteiger partial charge in [0.1, 0.15) is 6.54 Å². The van der Waals surface area contributed by atoms with E-state index in [-0.39, 0.29) is 18.4 Å². The summed E-state index contributed by atoms with van der Waals surface area (Å²) in [5, 5.41) is 3.06. The first-order valence-corrected chi connectivity index (χ1v) is 9.90. The molecule has 1 N–H and O–H groups in total. The molecule has 0 aromatic carbocycles. The second-order valence-electron chi connectivity index (χ2n) is 8.09. The third-order valence-corrected chi connectivity index (χ3v) is 7.25. The minimum atomic E-state index is 0.0144. The molecule has 5 rings (SSSR count). The minimum Gasteiger partial charge on any atom is -0.355 e. The molecule has 122 valence electrons. The summed E-state index contributed by atoms with van der Waals surface area (Å²) >= 11 is 1.59. The van der Waals surface area contributed by atoms with Crippen LogP contribution in [0.4, 0.5) is 0 Å². The molecule has 5 heteroatoms. The van der Waals surface area contributed by atoms with Crippen molar-refractivity contribution in [2.24, 2.45) is 23.2 Å². The van der Waals surface area contributed by atoms with Crippen LogP contribution in [0.2, 0.25) is 0 Å². The van der Waals surface area contributed by atoms with Gasteiger partial charge < -0.3 is 10.2 Å². The molecule has 22 heavy (non-hydrogen) atoms. The van der Waals surface area contributed by atoms with Gasteiger partial charge in [-0.25, -0.2) is 0 Å². The van der Waals surface area contributed by atoms with Crippen molar-refractivity contribution in [1.82, 2.24) is 10.2 Å². The van der Waals surface area contributed by atoms with E-state index >= 15 is 0 Å². The smallest absolute Gasteiger partial charge is 0.239 e. The Kier molecular flexibility index (Phi) is 3.87. The van der Waals surface area contributed by atoms with Crippen LogP contribution in [0.15, 0.2) is 0 Å². The fraction of sp³-hybridized carbons (Fsp3) is 0.882. The lowest BCUT2D eigenvalue weighted by molar-refractivity contribution is -0.132. The van der Waals surface area contributed by atoms with E-state index < -0.39 is 0 Å². The molecular formula is C17H26N2O2S. The Morgan fingerprint density at radius 3 is 2.36 bits per heavy atom. The van der Waals surface area contributed by atoms with E-state index in [2.05, 4.69) is 5.32 Å². The average molecular weight is 322 g/mol. The van der Waals surface area contributed by atoms with Gasteiger partial charge in [0.05, 0.1) is 11.6 Å². The summed E-state index contributed by atoms with van der Waals surface area (Å²) in [6.07, 6.45) is 9.76. The Balaban J connectivity index is 1.25. The van der Waals surface area contributed by atoms with Gasteiger partial charge in [0.15, 0.2) is 0 Å². The highest BCUT2D eigenvalue weighted by atomic mass is 32.2. The second kappa shape index (κ2) is 5.73. The maximum absolute atomic E-state index is 12.0. The molecule has 5 aliphatic rings. The van der Waals surface area contributed by atoms with Gasteiger partial charge in [0, 0.05) is 6.54 Å². The van der Waals surface area contributed by atoms with Crippen LogP contribution in [0.5, 0.6) is 0 Å². The van der Waals surface area contributed by atoms with E-state index in [9.17, 15) is 9.59 Å². The van der Waals surface area contributed by atoms with Crippen molar-refractivity contribution in [3.05, 3.63) is 0 Å². The zero-order chi connectivity index (χ0) is 15.2. The van der Waals surface area contributed by atoms with Gasteiger partial charge in [0.25, 0.3) is 0 Å². The number of hydrogen-bond acceptors (Lipinski definition) is 3. The predicted molar refractivity (Wildman–Crippen MR) is 87.3 cm³/mol. The lowest BCUT2D eigenvalue weighted by Crippen LogP contribution is -2.47. The Morgan fingerprint density at radius 2 is 1.82 bits per heavy atom. The lowest BCUT2D eigenvalue weighted by Gasteiger charge is -2.57. The number of thioether (sulfide) groups is 1. The molecule has 4 bridgehead atoms. The van der Waals surface area contributed by atoms with Gasteiger partial charge in [-0.2, -0.15) is 0 Å². The summed E-state index contributed by atoms with van der Waals surface area (Å²) in [4.78, 5) is 25.2. The molecule has 2 amide bonds. The average Bonchev–Trinajstić information content (AvgIpc) is 2.82. The van der Waals surface area contributed by atoms with Crippen molar-refractivity contribution in [2.75, 3.05) is 24.7 Å². The molecule has 0 unspecified atom stereocenters. The number of nitrogens with zero attached hydrogens (tertiary/aromatic N) is 1. The van der Waals surface area contributed by atoms with E-state index in [1.54, 1.807) is 16.7 Å². The van der Waals surface area contributed by atoms with E-state index in [0.29, 0.717) is 17.0 Å². The van der Waals surface area contributed by atoms with Gasteiger partial charge in [0.2, 0.25) is 11.8 Å². The van der Waals surface area contributed by atoms with E-state index in [1.165, 1.54) is 38.5 Å². The summed E-state index contributed by atoms with van der Waals surface area (Å²) in [6.45, 7) is 1.03. The second-order valence-corrected chi connectivity index (χ2v) is 9.04. The fourth-order valence-electron chi connectivity index (χ4n) is 5.83. The molecule has 4 nitrogen and oxygen atoms in total. The Hall–Kier alpha value is -0.710. The number of hydrogen-bond donors (Lipinski definition) is 1. The number of amides is 2. The zero-order valence-corrected chi connectivity index (χ0v) is 14.0. The molecule has 0 atom stereocenters. The molecule has 5 fully saturated rings. The number of carbonyl (C=O) groups excluding carboxylic acids is 2. The monoisotopic (exact) mass is 322 g/mol. The molecule has 0 spiro atoms. The molecule has 1 heterocycles. The molecule has 1 aliphatic heterocycles. The Morgan fingerprint density at radius 1 is 1.18 bits per heavy atom. The summed E-state index contributed by atoms with van der Waals surface area (Å²) < 4.78 is 0. The van der Waals surface area contributed by atoms with E-state index in [4.69, 9.17) is 0 Å². The van der Waals surface area contributed by atoms with Crippen LogP contribution >= 0.6 is 11.8 Å². The van der Waals surface area contributed by atoms with Crippen LogP contribution in [-0.4, -0.2) is 41.4 Å². The largest absolute Gasteiger partial charge is 0.355 e. The van der Waals surface area contributed by atoms with Crippen molar-refractivity contribution in [3.8, 4) is 0 Å². The zero-order valence-electron chi connectivity index (χ0n) is 13.2. The topological polar surface area (TPSA) is 49.4 Å². The van der Waals surface area contributed by atoms with Gasteiger partial charge >= 0.3 is 0 Å². The highest BCUT2D eigenvalue weighted by Crippen LogP contribution is 2.61. The summed E-state index contributed by atoms with van der Waals surface area (Å²) in [6, 6.07) is 0. The molecule has 1 saturated heterocycles. The van der Waals surface area contributed by atoms with Gasteiger partial charge in [-0.15, -0.1) is 11.8 Å². The number of carbonyl (C=O) groups is 2. The Labute approximate surface area is 136 Å². The van der Waals surface area contributed by atoms with E-state index in [0.717, 1.165) is 30.7 Å². The highest BCUT2D eigenvalue weighted by Gasteiger charge is 2.50. The quantitative estimate of drug-likeness (QED) is 0.844. The molecule has 0 aromatic heterocycles. The van der Waals surface area contributed by atoms with Crippen LogP contribution in [0.3, 0.4) is 0 Å². The van der Waals surface area contributed by atoms with Crippen LogP contribution < -0.4 is 5.32 Å². The van der Waals surface area contributed by atoms with Crippen LogP contribution in [0.1, 0.15) is 44.9 Å². The molecule has 4 aliphatic carbocycles. The van der Waals surface area contributed by atoms with Crippen LogP contribution in [-0.2, 0) is 9.59 Å². The van der Waals surface area contributed by atoms with Crippen LogP contribution in [0.25, 0.3) is 0 Å². The third kappa shape index (κ3) is 2.89. The maximum atomic E-state index is 12.0. The van der Waals surface area contributed by atoms with Gasteiger partial charge in [-0.05, 0) is 68.1 Å². The number of rotatable bonds is 5. The summed E-state index contributed by atoms with van der Waals surface area (Å²) in [5.41, 5.74) is 0.529. The van der Waals surface area contributed by atoms with Crippen molar-refractivity contribution < 1.29 is 9.59 Å². The van der Waals surface area contributed by atoms with E-state index in [1.807, 2.05) is 0 Å². The van der Waals surface area contributed by atoms with Gasteiger partial charge in [-0.3, -0.25) is 9.59 Å². The van der Waals surface area contributed by atoms with Crippen LogP contribution in [0, 0.1) is 23.2 Å². The first-order chi connectivity index (χ1) is 10.6. The third-order valence-electron chi connectivity index (χ3n) is 6.30. The lowest BCUT2D eigenvalue weighted by atomic mass is 9.49. The Bertz CT molecular complexity index is 444. The van der Waals surface area contributed by atoms with Crippen molar-refractivity contribution in [1.29, 1.82) is 0 Å². The highest BCUT2D eigenvalue weighted by molar-refractivity contribution is 8.00. The minimum absolute atomic E-state index is 0.0144. The van der Waals surface area contributed by atoms with Crippen molar-refractivity contribution in [2.45, 2.75) is 44.9 Å². The summed E-state index contributed by atoms with van der Waals surface area (Å²) in [7, 11) is 0. The maximum Gasteiger partial charge on any atom is 0.239 e. The molecule has 0 aromatic rings. The standard InChI is InChI=1S/C17H26N2O2S/c20-15(9-19-11-22-10-16(19)21)18-2-1-17-6-12-3-13(7-17)5-14(4-12)8-17/h12-14H,1-11H2,(H,18,20). The molecular weight excluding hydrogens is 296 g/mol. The van der Waals surface area contributed by atoms with Gasteiger partial charge in [-0.1, -0.05) is 0 Å². The predicted octanol–water partition coefficient (Wildman–Crippen LogP) is 2.24. The van der Waals surface area contributed by atoms with Crippen molar-refractivity contribution >= 4 is 23.6 Å². The molecule has 0 radical (unpaired) electrons. The summed E-state index contributed by atoms with van der Waals surface area (Å²) in [5.74, 6) is 4.23. The SMILES string of the molecule is O=C(CN1CSCC1=O)NCCC12CC3CC(CC(C3)C1)C2. The normalized spacial score (nSPS) is 39.5. The fourth-order valence-corrected chi connectivity index (χ4v) is 6.74. The first kappa shape index (κ1) is 14.9.